The lowest BCUT2D eigenvalue weighted by Crippen LogP contribution is -2.15. The quantitative estimate of drug-likeness (QED) is 0.592. The standard InChI is InChI=1S/C17H22O6/c1-10(2)7-8-23-13-9-12(16(18)21-5)14(17(19)22-6)15(20-4)11(13)3/h7,9H,8H2,1-6H3. The van der Waals surface area contributed by atoms with E-state index in [4.69, 9.17) is 18.9 Å². The number of carbonyl (C=O) groups excluding carboxylic acids is 2. The summed E-state index contributed by atoms with van der Waals surface area (Å²) in [5, 5.41) is 0. The fourth-order valence-corrected chi connectivity index (χ4v) is 2.01. The lowest BCUT2D eigenvalue weighted by atomic mass is 10.0. The summed E-state index contributed by atoms with van der Waals surface area (Å²) in [5.41, 5.74) is 1.76. The number of methoxy groups -OCH3 is 3. The summed E-state index contributed by atoms with van der Waals surface area (Å²) in [6.45, 7) is 5.99. The van der Waals surface area contributed by atoms with Crippen LogP contribution >= 0.6 is 0 Å². The summed E-state index contributed by atoms with van der Waals surface area (Å²) in [6, 6.07) is 1.47. The molecule has 0 aliphatic rings. The highest BCUT2D eigenvalue weighted by Crippen LogP contribution is 2.35. The highest BCUT2D eigenvalue weighted by molar-refractivity contribution is 6.06. The van der Waals surface area contributed by atoms with E-state index in [-0.39, 0.29) is 16.9 Å². The van der Waals surface area contributed by atoms with E-state index in [2.05, 4.69) is 0 Å². The molecule has 6 heteroatoms. The molecule has 0 unspecified atom stereocenters. The Kier molecular flexibility index (Phi) is 6.63. The Labute approximate surface area is 136 Å². The van der Waals surface area contributed by atoms with E-state index in [1.54, 1.807) is 6.92 Å². The number of carbonyl (C=O) groups is 2. The Hall–Kier alpha value is -2.50. The maximum Gasteiger partial charge on any atom is 0.342 e. The van der Waals surface area contributed by atoms with E-state index >= 15 is 0 Å². The van der Waals surface area contributed by atoms with Gasteiger partial charge >= 0.3 is 11.9 Å². The molecule has 126 valence electrons. The van der Waals surface area contributed by atoms with Gasteiger partial charge in [0.1, 0.15) is 23.7 Å². The van der Waals surface area contributed by atoms with E-state index in [1.165, 1.54) is 27.4 Å². The van der Waals surface area contributed by atoms with Crippen molar-refractivity contribution >= 4 is 11.9 Å². The molecule has 0 amide bonds. The third-order valence-corrected chi connectivity index (χ3v) is 3.21. The van der Waals surface area contributed by atoms with Crippen LogP contribution < -0.4 is 9.47 Å². The van der Waals surface area contributed by atoms with E-state index in [9.17, 15) is 9.59 Å². The molecule has 6 nitrogen and oxygen atoms in total. The van der Waals surface area contributed by atoms with Crippen LogP contribution in [0.2, 0.25) is 0 Å². The SMILES string of the molecule is COC(=O)c1cc(OCC=C(C)C)c(C)c(OC)c1C(=O)OC. The summed E-state index contributed by atoms with van der Waals surface area (Å²) in [4.78, 5) is 24.1. The second-order valence-electron chi connectivity index (χ2n) is 5.03. The topological polar surface area (TPSA) is 71.1 Å². The Balaban J connectivity index is 3.48. The molecule has 1 aromatic rings. The Bertz CT molecular complexity index is 626. The number of allylic oxidation sites excluding steroid dienone is 1. The molecule has 0 saturated carbocycles. The molecule has 0 radical (unpaired) electrons. The van der Waals surface area contributed by atoms with Crippen molar-refractivity contribution in [2.75, 3.05) is 27.9 Å². The first-order valence-electron chi connectivity index (χ1n) is 7.01. The summed E-state index contributed by atoms with van der Waals surface area (Å²) < 4.78 is 20.5. The minimum atomic E-state index is -0.679. The first-order valence-corrected chi connectivity index (χ1v) is 7.01. The van der Waals surface area contributed by atoms with Gasteiger partial charge in [-0.2, -0.15) is 0 Å². The largest absolute Gasteiger partial charge is 0.495 e. The lowest BCUT2D eigenvalue weighted by molar-refractivity contribution is 0.0551. The van der Waals surface area contributed by atoms with Gasteiger partial charge < -0.3 is 18.9 Å². The normalized spacial score (nSPS) is 9.83. The van der Waals surface area contributed by atoms with Gasteiger partial charge in [-0.15, -0.1) is 0 Å². The molecule has 0 aromatic heterocycles. The Morgan fingerprint density at radius 2 is 1.70 bits per heavy atom. The molecule has 0 saturated heterocycles. The van der Waals surface area contributed by atoms with Crippen LogP contribution in [0.5, 0.6) is 11.5 Å². The van der Waals surface area contributed by atoms with Gasteiger partial charge in [-0.25, -0.2) is 9.59 Å². The van der Waals surface area contributed by atoms with Crippen LogP contribution in [0, 0.1) is 6.92 Å². The Morgan fingerprint density at radius 1 is 1.09 bits per heavy atom. The molecule has 0 aliphatic carbocycles. The zero-order chi connectivity index (χ0) is 17.6. The van der Waals surface area contributed by atoms with Crippen molar-refractivity contribution in [3.63, 3.8) is 0 Å². The third kappa shape index (κ3) is 4.25. The monoisotopic (exact) mass is 322 g/mol. The van der Waals surface area contributed by atoms with E-state index in [1.807, 2.05) is 19.9 Å². The molecule has 0 atom stereocenters. The molecule has 0 bridgehead atoms. The predicted octanol–water partition coefficient (Wildman–Crippen LogP) is 2.92. The molecular formula is C17H22O6. The lowest BCUT2D eigenvalue weighted by Gasteiger charge is -2.17. The van der Waals surface area contributed by atoms with Crippen molar-refractivity contribution in [2.24, 2.45) is 0 Å². The third-order valence-electron chi connectivity index (χ3n) is 3.21. The predicted molar refractivity (Wildman–Crippen MR) is 85.3 cm³/mol. The molecule has 0 N–H and O–H groups in total. The maximum absolute atomic E-state index is 12.0. The number of hydrogen-bond donors (Lipinski definition) is 0. The van der Waals surface area contributed by atoms with Crippen LogP contribution in [-0.2, 0) is 9.47 Å². The average Bonchev–Trinajstić information content (AvgIpc) is 2.53. The molecule has 1 rings (SSSR count). The minimum absolute atomic E-state index is 0.0221. The van der Waals surface area contributed by atoms with E-state index in [0.29, 0.717) is 17.9 Å². The zero-order valence-electron chi connectivity index (χ0n) is 14.3. The van der Waals surface area contributed by atoms with Crippen molar-refractivity contribution in [2.45, 2.75) is 20.8 Å². The van der Waals surface area contributed by atoms with Crippen molar-refractivity contribution in [1.82, 2.24) is 0 Å². The van der Waals surface area contributed by atoms with Gasteiger partial charge in [0.15, 0.2) is 0 Å². The first kappa shape index (κ1) is 18.5. The van der Waals surface area contributed by atoms with Gasteiger partial charge in [0.05, 0.1) is 26.9 Å². The van der Waals surface area contributed by atoms with Gasteiger partial charge in [-0.3, -0.25) is 0 Å². The van der Waals surface area contributed by atoms with Crippen LogP contribution in [0.25, 0.3) is 0 Å². The number of benzene rings is 1. The van der Waals surface area contributed by atoms with Crippen LogP contribution in [0.3, 0.4) is 0 Å². The van der Waals surface area contributed by atoms with Crippen LogP contribution in [-0.4, -0.2) is 39.9 Å². The number of ether oxygens (including phenoxy) is 4. The molecule has 0 heterocycles. The average molecular weight is 322 g/mol. The van der Waals surface area contributed by atoms with Crippen LogP contribution in [0.1, 0.15) is 40.1 Å². The summed E-state index contributed by atoms with van der Waals surface area (Å²) >= 11 is 0. The maximum atomic E-state index is 12.0. The highest BCUT2D eigenvalue weighted by atomic mass is 16.5. The molecular weight excluding hydrogens is 300 g/mol. The second-order valence-corrected chi connectivity index (χ2v) is 5.03. The van der Waals surface area contributed by atoms with Gasteiger partial charge in [0.2, 0.25) is 0 Å². The van der Waals surface area contributed by atoms with Crippen molar-refractivity contribution < 1.29 is 28.5 Å². The zero-order valence-corrected chi connectivity index (χ0v) is 14.3. The fourth-order valence-electron chi connectivity index (χ4n) is 2.01. The first-order chi connectivity index (χ1) is 10.9. The van der Waals surface area contributed by atoms with Gasteiger partial charge in [-0.1, -0.05) is 5.57 Å². The van der Waals surface area contributed by atoms with E-state index < -0.39 is 11.9 Å². The number of hydrogen-bond acceptors (Lipinski definition) is 6. The minimum Gasteiger partial charge on any atom is -0.495 e. The second kappa shape index (κ2) is 8.22. The molecule has 0 spiro atoms. The molecule has 1 aromatic carbocycles. The van der Waals surface area contributed by atoms with Crippen LogP contribution in [0.15, 0.2) is 17.7 Å². The molecule has 0 fully saturated rings. The summed E-state index contributed by atoms with van der Waals surface area (Å²) in [7, 11) is 3.88. The van der Waals surface area contributed by atoms with Crippen molar-refractivity contribution in [1.29, 1.82) is 0 Å². The van der Waals surface area contributed by atoms with Crippen LogP contribution in [0.4, 0.5) is 0 Å². The summed E-state index contributed by atoms with van der Waals surface area (Å²) in [6.07, 6.45) is 1.90. The van der Waals surface area contributed by atoms with Crippen molar-refractivity contribution in [3.8, 4) is 11.5 Å². The van der Waals surface area contributed by atoms with Gasteiger partial charge in [-0.05, 0) is 32.9 Å². The highest BCUT2D eigenvalue weighted by Gasteiger charge is 2.27. The van der Waals surface area contributed by atoms with Gasteiger partial charge in [0, 0.05) is 5.56 Å². The molecule has 23 heavy (non-hydrogen) atoms. The van der Waals surface area contributed by atoms with Crippen molar-refractivity contribution in [3.05, 3.63) is 34.4 Å². The fraction of sp³-hybridized carbons (Fsp3) is 0.412. The molecule has 0 aliphatic heterocycles. The number of rotatable bonds is 6. The Morgan fingerprint density at radius 3 is 2.17 bits per heavy atom. The smallest absolute Gasteiger partial charge is 0.342 e. The summed E-state index contributed by atoms with van der Waals surface area (Å²) in [5.74, 6) is -0.684. The number of esters is 2. The van der Waals surface area contributed by atoms with E-state index in [0.717, 1.165) is 5.57 Å². The van der Waals surface area contributed by atoms with Gasteiger partial charge in [0.25, 0.3) is 0 Å².